The Labute approximate surface area is 86.7 Å². The van der Waals surface area contributed by atoms with E-state index in [1.54, 1.807) is 19.5 Å². The SMILES string of the molecule is COc1cncc(C(C)C(C)Br)n1. The molecule has 0 aliphatic heterocycles. The summed E-state index contributed by atoms with van der Waals surface area (Å²) in [7, 11) is 1.59. The fourth-order valence-corrected chi connectivity index (χ4v) is 1.19. The summed E-state index contributed by atoms with van der Waals surface area (Å²) in [5.74, 6) is 0.903. The van der Waals surface area contributed by atoms with Gasteiger partial charge >= 0.3 is 0 Å². The number of nitrogens with zero attached hydrogens (tertiary/aromatic N) is 2. The van der Waals surface area contributed by atoms with Crippen LogP contribution in [0.15, 0.2) is 12.4 Å². The van der Waals surface area contributed by atoms with E-state index in [1.165, 1.54) is 0 Å². The van der Waals surface area contributed by atoms with E-state index in [-0.39, 0.29) is 0 Å². The fraction of sp³-hybridized carbons (Fsp3) is 0.556. The summed E-state index contributed by atoms with van der Waals surface area (Å²) in [5, 5.41) is 0. The molecule has 2 atom stereocenters. The van der Waals surface area contributed by atoms with Crippen LogP contribution in [0.5, 0.6) is 5.88 Å². The maximum absolute atomic E-state index is 5.00. The van der Waals surface area contributed by atoms with Crippen LogP contribution in [-0.4, -0.2) is 21.9 Å². The van der Waals surface area contributed by atoms with Crippen molar-refractivity contribution in [1.82, 2.24) is 9.97 Å². The second-order valence-corrected chi connectivity index (χ2v) is 4.40. The van der Waals surface area contributed by atoms with E-state index in [1.807, 2.05) is 0 Å². The van der Waals surface area contributed by atoms with E-state index in [9.17, 15) is 0 Å². The second-order valence-electron chi connectivity index (χ2n) is 2.95. The summed E-state index contributed by atoms with van der Waals surface area (Å²) in [6.45, 7) is 4.19. The molecule has 1 aromatic rings. The number of halogens is 1. The minimum atomic E-state index is 0.336. The monoisotopic (exact) mass is 244 g/mol. The van der Waals surface area contributed by atoms with Crippen LogP contribution in [0.4, 0.5) is 0 Å². The van der Waals surface area contributed by atoms with Crippen molar-refractivity contribution in [1.29, 1.82) is 0 Å². The Morgan fingerprint density at radius 3 is 2.62 bits per heavy atom. The number of hydrogen-bond acceptors (Lipinski definition) is 3. The predicted octanol–water partition coefficient (Wildman–Crippen LogP) is 2.37. The summed E-state index contributed by atoms with van der Waals surface area (Å²) in [6.07, 6.45) is 3.38. The Balaban J connectivity index is 2.88. The Bertz CT molecular complexity index is 278. The third-order valence-electron chi connectivity index (χ3n) is 2.00. The zero-order valence-electron chi connectivity index (χ0n) is 7.99. The molecule has 0 amide bonds. The summed E-state index contributed by atoms with van der Waals surface area (Å²) in [6, 6.07) is 0. The standard InChI is InChI=1S/C9H13BrN2O/c1-6(7(2)10)8-4-11-5-9(12-8)13-3/h4-7H,1-3H3. The minimum absolute atomic E-state index is 0.336. The first kappa shape index (κ1) is 10.4. The highest BCUT2D eigenvalue weighted by atomic mass is 79.9. The maximum Gasteiger partial charge on any atom is 0.232 e. The van der Waals surface area contributed by atoms with Crippen LogP contribution < -0.4 is 4.74 Å². The van der Waals surface area contributed by atoms with Crippen molar-refractivity contribution in [2.24, 2.45) is 0 Å². The van der Waals surface area contributed by atoms with Crippen molar-refractivity contribution >= 4 is 15.9 Å². The first-order valence-electron chi connectivity index (χ1n) is 4.15. The van der Waals surface area contributed by atoms with Crippen molar-refractivity contribution < 1.29 is 4.74 Å². The van der Waals surface area contributed by atoms with Gasteiger partial charge in [-0.25, -0.2) is 4.98 Å². The minimum Gasteiger partial charge on any atom is -0.480 e. The lowest BCUT2D eigenvalue weighted by atomic mass is 10.1. The van der Waals surface area contributed by atoms with Crippen molar-refractivity contribution in [3.05, 3.63) is 18.1 Å². The average molecular weight is 245 g/mol. The molecule has 1 heterocycles. The third kappa shape index (κ3) is 2.66. The van der Waals surface area contributed by atoms with E-state index in [2.05, 4.69) is 39.7 Å². The van der Waals surface area contributed by atoms with Gasteiger partial charge in [0, 0.05) is 16.9 Å². The quantitative estimate of drug-likeness (QED) is 0.767. The van der Waals surface area contributed by atoms with Gasteiger partial charge in [-0.1, -0.05) is 29.8 Å². The summed E-state index contributed by atoms with van der Waals surface area (Å²) in [4.78, 5) is 8.73. The van der Waals surface area contributed by atoms with Gasteiger partial charge in [0.2, 0.25) is 5.88 Å². The molecule has 0 fully saturated rings. The summed E-state index contributed by atoms with van der Waals surface area (Å²) in [5.41, 5.74) is 0.948. The third-order valence-corrected chi connectivity index (χ3v) is 2.79. The normalized spacial score (nSPS) is 15.1. The molecule has 13 heavy (non-hydrogen) atoms. The van der Waals surface area contributed by atoms with Crippen LogP contribution in [-0.2, 0) is 0 Å². The summed E-state index contributed by atoms with van der Waals surface area (Å²) < 4.78 is 5.00. The topological polar surface area (TPSA) is 35.0 Å². The van der Waals surface area contributed by atoms with Gasteiger partial charge in [0.15, 0.2) is 0 Å². The molecule has 0 aliphatic rings. The number of ether oxygens (including phenoxy) is 1. The molecule has 72 valence electrons. The largest absolute Gasteiger partial charge is 0.480 e. The molecular weight excluding hydrogens is 232 g/mol. The van der Waals surface area contributed by atoms with Gasteiger partial charge in [-0.05, 0) is 0 Å². The average Bonchev–Trinajstić information content (AvgIpc) is 2.16. The molecule has 0 radical (unpaired) electrons. The van der Waals surface area contributed by atoms with Gasteiger partial charge in [-0.15, -0.1) is 0 Å². The number of hydrogen-bond donors (Lipinski definition) is 0. The molecule has 0 N–H and O–H groups in total. The van der Waals surface area contributed by atoms with E-state index < -0.39 is 0 Å². The van der Waals surface area contributed by atoms with Crippen molar-refractivity contribution in [3.8, 4) is 5.88 Å². The Morgan fingerprint density at radius 1 is 1.38 bits per heavy atom. The van der Waals surface area contributed by atoms with E-state index in [0.29, 0.717) is 16.6 Å². The summed E-state index contributed by atoms with van der Waals surface area (Å²) >= 11 is 3.51. The van der Waals surface area contributed by atoms with Crippen LogP contribution in [0.2, 0.25) is 0 Å². The number of alkyl halides is 1. The van der Waals surface area contributed by atoms with E-state index in [0.717, 1.165) is 5.69 Å². The van der Waals surface area contributed by atoms with Crippen LogP contribution in [0.1, 0.15) is 25.5 Å². The molecule has 0 saturated heterocycles. The lowest BCUT2D eigenvalue weighted by molar-refractivity contribution is 0.392. The van der Waals surface area contributed by atoms with Gasteiger partial charge in [0.05, 0.1) is 19.0 Å². The van der Waals surface area contributed by atoms with Crippen LogP contribution in [0, 0.1) is 0 Å². The molecule has 0 aliphatic carbocycles. The van der Waals surface area contributed by atoms with Crippen molar-refractivity contribution in [2.45, 2.75) is 24.6 Å². The molecule has 1 rings (SSSR count). The van der Waals surface area contributed by atoms with Gasteiger partial charge < -0.3 is 4.74 Å². The highest BCUT2D eigenvalue weighted by molar-refractivity contribution is 9.09. The molecular formula is C9H13BrN2O. The second kappa shape index (κ2) is 4.56. The van der Waals surface area contributed by atoms with Gasteiger partial charge in [-0.2, -0.15) is 0 Å². The molecule has 3 nitrogen and oxygen atoms in total. The lowest BCUT2D eigenvalue weighted by Gasteiger charge is -2.13. The van der Waals surface area contributed by atoms with Crippen LogP contribution in [0.25, 0.3) is 0 Å². The number of rotatable bonds is 3. The van der Waals surface area contributed by atoms with E-state index >= 15 is 0 Å². The molecule has 2 unspecified atom stereocenters. The van der Waals surface area contributed by atoms with Crippen molar-refractivity contribution in [3.63, 3.8) is 0 Å². The number of methoxy groups -OCH3 is 1. The van der Waals surface area contributed by atoms with Crippen LogP contribution in [0.3, 0.4) is 0 Å². The van der Waals surface area contributed by atoms with Gasteiger partial charge in [-0.3, -0.25) is 4.98 Å². The molecule has 0 aromatic carbocycles. The number of aromatic nitrogens is 2. The van der Waals surface area contributed by atoms with Gasteiger partial charge in [0.1, 0.15) is 0 Å². The fourth-order valence-electron chi connectivity index (χ4n) is 0.915. The van der Waals surface area contributed by atoms with E-state index in [4.69, 9.17) is 4.74 Å². The lowest BCUT2D eigenvalue weighted by Crippen LogP contribution is -2.07. The molecule has 1 aromatic heterocycles. The predicted molar refractivity (Wildman–Crippen MR) is 55.4 cm³/mol. The first-order chi connectivity index (χ1) is 6.15. The first-order valence-corrected chi connectivity index (χ1v) is 5.06. The highest BCUT2D eigenvalue weighted by Gasteiger charge is 2.13. The van der Waals surface area contributed by atoms with Crippen molar-refractivity contribution in [2.75, 3.05) is 7.11 Å². The Kier molecular flexibility index (Phi) is 3.66. The molecule has 0 bridgehead atoms. The Hall–Kier alpha value is -0.640. The maximum atomic E-state index is 5.00. The Morgan fingerprint density at radius 2 is 2.08 bits per heavy atom. The zero-order chi connectivity index (χ0) is 9.84. The molecule has 4 heteroatoms. The zero-order valence-corrected chi connectivity index (χ0v) is 9.58. The molecule has 0 spiro atoms. The molecule has 0 saturated carbocycles. The smallest absolute Gasteiger partial charge is 0.232 e. The van der Waals surface area contributed by atoms with Gasteiger partial charge in [0.25, 0.3) is 0 Å². The highest BCUT2D eigenvalue weighted by Crippen LogP contribution is 2.22. The van der Waals surface area contributed by atoms with Crippen LogP contribution >= 0.6 is 15.9 Å².